The van der Waals surface area contributed by atoms with E-state index in [0.29, 0.717) is 5.82 Å². The summed E-state index contributed by atoms with van der Waals surface area (Å²) in [6.45, 7) is 5.97. The molecule has 2 aromatic carbocycles. The highest BCUT2D eigenvalue weighted by Gasteiger charge is 2.23. The molecule has 3 N–H and O–H groups in total. The number of benzene rings is 2. The molecule has 3 amide bonds. The van der Waals surface area contributed by atoms with Crippen LogP contribution in [0.15, 0.2) is 85.2 Å². The number of nitrogens with zero attached hydrogens (tertiary/aromatic N) is 4. The van der Waals surface area contributed by atoms with Gasteiger partial charge in [-0.1, -0.05) is 32.9 Å². The third-order valence-corrected chi connectivity index (χ3v) is 6.11. The summed E-state index contributed by atoms with van der Waals surface area (Å²) < 4.78 is 21.9. The molecule has 0 atom stereocenters. The van der Waals surface area contributed by atoms with Crippen molar-refractivity contribution in [3.8, 4) is 11.4 Å². The molecule has 0 aliphatic rings. The van der Waals surface area contributed by atoms with Gasteiger partial charge in [-0.3, -0.25) is 20.1 Å². The van der Waals surface area contributed by atoms with Crippen molar-refractivity contribution in [3.63, 3.8) is 0 Å². The van der Waals surface area contributed by atoms with Crippen LogP contribution in [0.1, 0.15) is 37.0 Å². The van der Waals surface area contributed by atoms with E-state index in [-0.39, 0.29) is 29.3 Å². The van der Waals surface area contributed by atoms with Gasteiger partial charge in [-0.2, -0.15) is 0 Å². The van der Waals surface area contributed by atoms with E-state index in [1.54, 1.807) is 35.1 Å². The van der Waals surface area contributed by atoms with Gasteiger partial charge in [0.15, 0.2) is 12.5 Å². The van der Waals surface area contributed by atoms with Gasteiger partial charge in [0.2, 0.25) is 0 Å². The molecule has 0 fully saturated rings. The van der Waals surface area contributed by atoms with E-state index >= 15 is 0 Å². The smallest absolute Gasteiger partial charge is 0.324 e. The van der Waals surface area contributed by atoms with Crippen molar-refractivity contribution in [2.75, 3.05) is 17.4 Å². The zero-order valence-corrected chi connectivity index (χ0v) is 22.7. The van der Waals surface area contributed by atoms with Gasteiger partial charge in [-0.15, -0.1) is 5.10 Å². The molecule has 0 saturated heterocycles. The average Bonchev–Trinajstić information content (AvgIpc) is 3.39. The number of ether oxygens (including phenoxy) is 1. The molecule has 0 aliphatic carbocycles. The van der Waals surface area contributed by atoms with E-state index in [2.05, 4.69) is 51.8 Å². The number of anilines is 2. The molecule has 0 saturated carbocycles. The lowest BCUT2D eigenvalue weighted by Gasteiger charge is -2.20. The fourth-order valence-corrected chi connectivity index (χ4v) is 4.10. The van der Waals surface area contributed by atoms with Gasteiger partial charge in [-0.05, 0) is 48.5 Å². The van der Waals surface area contributed by atoms with E-state index < -0.39 is 17.8 Å². The van der Waals surface area contributed by atoms with Gasteiger partial charge in [0.1, 0.15) is 17.3 Å². The lowest BCUT2D eigenvalue weighted by molar-refractivity contribution is 0.0914. The maximum atomic E-state index is 14.7. The number of aromatic nitrogens is 4. The second-order valence-electron chi connectivity index (χ2n) is 10.2. The largest absolute Gasteiger partial charge is 0.473 e. The number of pyridine rings is 2. The van der Waals surface area contributed by atoms with Crippen LogP contribution in [0.25, 0.3) is 16.6 Å². The molecule has 0 aliphatic heterocycles. The van der Waals surface area contributed by atoms with Crippen LogP contribution in [0.4, 0.5) is 20.7 Å². The van der Waals surface area contributed by atoms with Crippen LogP contribution in [0.3, 0.4) is 0 Å². The standard InChI is InChI=1S/C30H28FN7O3/c1-30(2,3)26-17-27(37-38(26)20-9-11-23-19(15-20)7-6-14-32-23)36-29(40)35-24-12-10-21(16-22(24)31)41-18-34-28(39)25-8-4-5-13-33-25/h4-17H,18H2,1-3H3,(H,34,39)(H2,35,36,37,40). The van der Waals surface area contributed by atoms with Crippen LogP contribution in [0.2, 0.25) is 0 Å². The van der Waals surface area contributed by atoms with Crippen LogP contribution in [0.5, 0.6) is 5.75 Å². The van der Waals surface area contributed by atoms with Gasteiger partial charge in [0.05, 0.1) is 22.6 Å². The van der Waals surface area contributed by atoms with Crippen molar-refractivity contribution < 1.29 is 18.7 Å². The average molecular weight is 554 g/mol. The molecule has 0 radical (unpaired) electrons. The van der Waals surface area contributed by atoms with Gasteiger partial charge in [-0.25, -0.2) is 13.9 Å². The Kier molecular flexibility index (Phi) is 7.59. The predicted octanol–water partition coefficient (Wildman–Crippen LogP) is 5.66. The summed E-state index contributed by atoms with van der Waals surface area (Å²) in [6.07, 6.45) is 3.25. The molecule has 5 rings (SSSR count). The monoisotopic (exact) mass is 553 g/mol. The van der Waals surface area contributed by atoms with Crippen LogP contribution in [0, 0.1) is 5.82 Å². The maximum Gasteiger partial charge on any atom is 0.324 e. The number of amides is 3. The Morgan fingerprint density at radius 3 is 2.51 bits per heavy atom. The van der Waals surface area contributed by atoms with Crippen LogP contribution in [-0.4, -0.2) is 38.4 Å². The molecular formula is C30H28FN7O3. The summed E-state index contributed by atoms with van der Waals surface area (Å²) >= 11 is 0. The van der Waals surface area contributed by atoms with E-state index in [1.807, 2.05) is 30.3 Å². The van der Waals surface area contributed by atoms with Crippen molar-refractivity contribution in [1.82, 2.24) is 25.1 Å². The molecule has 0 spiro atoms. The van der Waals surface area contributed by atoms with Gasteiger partial charge in [0, 0.05) is 35.3 Å². The minimum atomic E-state index is -0.709. The van der Waals surface area contributed by atoms with E-state index in [9.17, 15) is 14.0 Å². The summed E-state index contributed by atoms with van der Waals surface area (Å²) in [5, 5.41) is 13.3. The molecule has 208 valence electrons. The summed E-state index contributed by atoms with van der Waals surface area (Å²) in [5.74, 6) is -0.647. The minimum Gasteiger partial charge on any atom is -0.473 e. The maximum absolute atomic E-state index is 14.7. The Balaban J connectivity index is 1.24. The number of carbonyl (C=O) groups is 2. The van der Waals surface area contributed by atoms with Gasteiger partial charge in [0.25, 0.3) is 5.91 Å². The molecule has 41 heavy (non-hydrogen) atoms. The van der Waals surface area contributed by atoms with Crippen LogP contribution >= 0.6 is 0 Å². The number of urea groups is 1. The second kappa shape index (κ2) is 11.4. The molecule has 5 aromatic rings. The quantitative estimate of drug-likeness (QED) is 0.224. The number of rotatable bonds is 7. The number of carbonyl (C=O) groups excluding carboxylic acids is 2. The summed E-state index contributed by atoms with van der Waals surface area (Å²) in [7, 11) is 0. The predicted molar refractivity (Wildman–Crippen MR) is 154 cm³/mol. The second-order valence-corrected chi connectivity index (χ2v) is 10.2. The van der Waals surface area contributed by atoms with Crippen molar-refractivity contribution in [1.29, 1.82) is 0 Å². The highest BCUT2D eigenvalue weighted by molar-refractivity contribution is 5.99. The summed E-state index contributed by atoms with van der Waals surface area (Å²) in [6, 6.07) is 19.7. The van der Waals surface area contributed by atoms with Crippen molar-refractivity contribution in [2.45, 2.75) is 26.2 Å². The Bertz CT molecular complexity index is 1710. The van der Waals surface area contributed by atoms with E-state index in [1.165, 1.54) is 18.3 Å². The topological polar surface area (TPSA) is 123 Å². The number of fused-ring (bicyclic) bond motifs is 1. The molecule has 3 aromatic heterocycles. The van der Waals surface area contributed by atoms with E-state index in [4.69, 9.17) is 4.74 Å². The van der Waals surface area contributed by atoms with Crippen LogP contribution < -0.4 is 20.7 Å². The molecule has 11 heteroatoms. The number of nitrogens with one attached hydrogen (secondary N) is 3. The fourth-order valence-electron chi connectivity index (χ4n) is 4.10. The Hall–Kier alpha value is -5.32. The first kappa shape index (κ1) is 27.3. The first-order chi connectivity index (χ1) is 19.7. The van der Waals surface area contributed by atoms with Crippen molar-refractivity contribution >= 4 is 34.3 Å². The molecule has 10 nitrogen and oxygen atoms in total. The van der Waals surface area contributed by atoms with Gasteiger partial charge >= 0.3 is 6.03 Å². The third-order valence-electron chi connectivity index (χ3n) is 6.11. The molecule has 3 heterocycles. The molecule has 0 unspecified atom stereocenters. The number of hydrogen-bond acceptors (Lipinski definition) is 6. The Morgan fingerprint density at radius 2 is 1.76 bits per heavy atom. The molecule has 0 bridgehead atoms. The fraction of sp³-hybridized carbons (Fsp3) is 0.167. The minimum absolute atomic E-state index is 0.0510. The zero-order chi connectivity index (χ0) is 29.0. The van der Waals surface area contributed by atoms with Crippen LogP contribution in [-0.2, 0) is 5.41 Å². The van der Waals surface area contributed by atoms with Crippen molar-refractivity contribution in [3.05, 3.63) is 102 Å². The Labute approximate surface area is 235 Å². The highest BCUT2D eigenvalue weighted by Crippen LogP contribution is 2.29. The normalized spacial score (nSPS) is 11.2. The summed E-state index contributed by atoms with van der Waals surface area (Å²) in [5.41, 5.74) is 2.46. The molecular weight excluding hydrogens is 525 g/mol. The third kappa shape index (κ3) is 6.47. The number of hydrogen-bond donors (Lipinski definition) is 3. The first-order valence-electron chi connectivity index (χ1n) is 12.8. The first-order valence-corrected chi connectivity index (χ1v) is 12.8. The lowest BCUT2D eigenvalue weighted by Crippen LogP contribution is -2.28. The van der Waals surface area contributed by atoms with Gasteiger partial charge < -0.3 is 15.4 Å². The summed E-state index contributed by atoms with van der Waals surface area (Å²) in [4.78, 5) is 33.1. The SMILES string of the molecule is CC(C)(C)c1cc(NC(=O)Nc2ccc(OCNC(=O)c3ccccn3)cc2F)nn1-c1ccc2ncccc2c1. The Morgan fingerprint density at radius 1 is 0.927 bits per heavy atom. The van der Waals surface area contributed by atoms with E-state index in [0.717, 1.165) is 28.4 Å². The lowest BCUT2D eigenvalue weighted by atomic mass is 9.92. The zero-order valence-electron chi connectivity index (χ0n) is 22.7. The number of halogens is 1. The van der Waals surface area contributed by atoms with Crippen molar-refractivity contribution in [2.24, 2.45) is 0 Å². The highest BCUT2D eigenvalue weighted by atomic mass is 19.1.